The number of hydrogen-bond acceptors (Lipinski definition) is 15. The van der Waals surface area contributed by atoms with Crippen LogP contribution in [0.4, 0.5) is 5.82 Å². The number of fused-ring (bicyclic) bond motifs is 6. The highest BCUT2D eigenvalue weighted by atomic mass is 79.9. The molecule has 13 rings (SSSR count). The molecule has 3 aromatic carbocycles. The number of methoxy groups -OCH3 is 1. The Kier molecular flexibility index (Phi) is 19.7. The van der Waals surface area contributed by atoms with Crippen LogP contribution in [0.15, 0.2) is 145 Å². The number of carboxylic acids is 2. The summed E-state index contributed by atoms with van der Waals surface area (Å²) in [7, 11) is 1.45. The van der Waals surface area contributed by atoms with Crippen LogP contribution < -0.4 is 26.9 Å². The predicted molar refractivity (Wildman–Crippen MR) is 358 cm³/mol. The van der Waals surface area contributed by atoms with Gasteiger partial charge in [0.1, 0.15) is 29.1 Å². The third-order valence-corrected chi connectivity index (χ3v) is 14.7. The fraction of sp³-hybridized carbons (Fsp3) is 0.117. The van der Waals surface area contributed by atoms with Crippen LogP contribution in [0.2, 0.25) is 15.1 Å². The number of pyridine rings is 4. The van der Waals surface area contributed by atoms with Crippen LogP contribution in [0.1, 0.15) is 64.6 Å². The van der Waals surface area contributed by atoms with E-state index in [1.54, 1.807) is 50.8 Å². The SMILES string of the molecule is BrB(Br)Br.COc1ncnc2c1c(C(=O)O)cn2Cc1ccc2ncc(Cl)cc2c1.Cc1cc(N)nc(C)c1CNC(=O)c1cn(Cc2ccc3ncc(Cl)cc3c2)c2nc[nH]c(=O)c12.O=C(O)c1cn(Cc2ccc3ncc(Cl)cc3c2)c2nc[nH]c(=O)c12. The second-order valence-corrected chi connectivity index (χ2v) is 27.7. The van der Waals surface area contributed by atoms with Crippen molar-refractivity contribution in [3.05, 3.63) is 221 Å². The summed E-state index contributed by atoms with van der Waals surface area (Å²) in [5.41, 5.74) is 14.3. The molecule has 0 atom stereocenters. The van der Waals surface area contributed by atoms with E-state index >= 15 is 0 Å². The topological polar surface area (TPSA) is 323 Å². The number of nitrogens with two attached hydrogens (primary N) is 1. The Labute approximate surface area is 548 Å². The van der Waals surface area contributed by atoms with Gasteiger partial charge in [0.25, 0.3) is 17.0 Å². The number of halogens is 6. The molecule has 0 radical (unpaired) electrons. The number of aryl methyl sites for hydroxylation is 2. The first-order valence-corrected chi connectivity index (χ1v) is 30.5. The number of hydrogen-bond donors (Lipinski definition) is 6. The Morgan fingerprint density at radius 3 is 1.43 bits per heavy atom. The van der Waals surface area contributed by atoms with Crippen molar-refractivity contribution in [2.75, 3.05) is 12.8 Å². The van der Waals surface area contributed by atoms with Crippen LogP contribution in [-0.2, 0) is 26.2 Å². The van der Waals surface area contributed by atoms with Gasteiger partial charge in [0.2, 0.25) is 5.88 Å². The highest BCUT2D eigenvalue weighted by molar-refractivity contribution is 9.69. The van der Waals surface area contributed by atoms with Crippen LogP contribution in [0.25, 0.3) is 65.8 Å². The predicted octanol–water partition coefficient (Wildman–Crippen LogP) is 11.7. The van der Waals surface area contributed by atoms with Gasteiger partial charge in [-0.2, -0.15) is 0 Å². The maximum absolute atomic E-state index is 13.2. The number of nitrogens with one attached hydrogen (secondary N) is 3. The summed E-state index contributed by atoms with van der Waals surface area (Å²) in [5.74, 6) is -1.94. The lowest BCUT2D eigenvalue weighted by Gasteiger charge is -2.11. The summed E-state index contributed by atoms with van der Waals surface area (Å²) in [4.78, 5) is 99.7. The minimum Gasteiger partial charge on any atom is -0.480 e. The lowest BCUT2D eigenvalue weighted by Crippen LogP contribution is -2.25. The molecule has 0 bridgehead atoms. The van der Waals surface area contributed by atoms with E-state index in [2.05, 4.69) is 102 Å². The van der Waals surface area contributed by atoms with Crippen molar-refractivity contribution in [3.8, 4) is 5.88 Å². The Hall–Kier alpha value is -9.12. The molecule has 454 valence electrons. The first kappa shape index (κ1) is 63.9. The molecule has 0 saturated carbocycles. The van der Waals surface area contributed by atoms with E-state index in [4.69, 9.17) is 45.3 Å². The van der Waals surface area contributed by atoms with Crippen molar-refractivity contribution in [2.45, 2.75) is 40.0 Å². The maximum atomic E-state index is 13.2. The number of amides is 1. The molecule has 90 heavy (non-hydrogen) atoms. The van der Waals surface area contributed by atoms with Crippen LogP contribution in [0, 0.1) is 13.8 Å². The molecule has 0 fully saturated rings. The molecule has 0 saturated heterocycles. The van der Waals surface area contributed by atoms with Crippen molar-refractivity contribution < 1.29 is 29.3 Å². The Morgan fingerprint density at radius 1 is 0.600 bits per heavy atom. The third-order valence-electron chi connectivity index (χ3n) is 14.0. The molecule has 1 amide bonds. The number of H-pyrrole nitrogens is 2. The number of benzene rings is 3. The van der Waals surface area contributed by atoms with Gasteiger partial charge < -0.3 is 49.7 Å². The van der Waals surface area contributed by atoms with E-state index < -0.39 is 17.5 Å². The van der Waals surface area contributed by atoms with Gasteiger partial charge in [-0.05, 0) is 102 Å². The van der Waals surface area contributed by atoms with Gasteiger partial charge in [0, 0.05) is 85.2 Å². The molecular formula is C60H46BBr3Cl3N15O8. The minimum absolute atomic E-state index is 0.0699. The fourth-order valence-electron chi connectivity index (χ4n) is 10.1. The van der Waals surface area contributed by atoms with Gasteiger partial charge in [0.15, 0.2) is 0 Å². The quantitative estimate of drug-likeness (QED) is 0.0619. The maximum Gasteiger partial charge on any atom is 0.369 e. The molecule has 7 N–H and O–H groups in total. The summed E-state index contributed by atoms with van der Waals surface area (Å²) < 4.78 is 10.7. The number of aromatic nitrogens is 13. The van der Waals surface area contributed by atoms with Crippen LogP contribution in [0.5, 0.6) is 5.88 Å². The van der Waals surface area contributed by atoms with E-state index in [0.29, 0.717) is 62.8 Å². The average molecular weight is 1460 g/mol. The molecule has 13 aromatic rings. The van der Waals surface area contributed by atoms with Gasteiger partial charge >= 0.3 is 15.1 Å². The normalized spacial score (nSPS) is 11.0. The number of nitrogens with zero attached hydrogens (tertiary/aromatic N) is 11. The Bertz CT molecular complexity index is 5060. The van der Waals surface area contributed by atoms with Crippen molar-refractivity contribution in [1.29, 1.82) is 0 Å². The van der Waals surface area contributed by atoms with Crippen molar-refractivity contribution >= 4 is 175 Å². The van der Waals surface area contributed by atoms with Crippen LogP contribution in [-0.4, -0.2) is 102 Å². The lowest BCUT2D eigenvalue weighted by atomic mass is 10.1. The molecule has 0 unspecified atom stereocenters. The summed E-state index contributed by atoms with van der Waals surface area (Å²) in [6.07, 6.45) is 13.4. The molecule has 10 heterocycles. The largest absolute Gasteiger partial charge is 0.480 e. The summed E-state index contributed by atoms with van der Waals surface area (Å²) in [6.45, 7) is 5.22. The van der Waals surface area contributed by atoms with Gasteiger partial charge in [-0.1, -0.05) is 53.0 Å². The number of anilines is 1. The van der Waals surface area contributed by atoms with E-state index in [9.17, 15) is 34.2 Å². The first-order valence-electron chi connectivity index (χ1n) is 26.7. The zero-order chi connectivity index (χ0) is 64.1. The van der Waals surface area contributed by atoms with E-state index in [-0.39, 0.29) is 54.5 Å². The molecule has 0 spiro atoms. The van der Waals surface area contributed by atoms with Gasteiger partial charge in [-0.3, -0.25) is 29.3 Å². The van der Waals surface area contributed by atoms with E-state index in [0.717, 1.165) is 66.2 Å². The summed E-state index contributed by atoms with van der Waals surface area (Å²) >= 11 is 27.4. The second kappa shape index (κ2) is 27.7. The Morgan fingerprint density at radius 2 is 1.01 bits per heavy atom. The van der Waals surface area contributed by atoms with Gasteiger partial charge in [-0.15, -0.1) is 47.3 Å². The molecule has 30 heteroatoms. The van der Waals surface area contributed by atoms with Gasteiger partial charge in [-0.25, -0.2) is 34.5 Å². The summed E-state index contributed by atoms with van der Waals surface area (Å²) in [5, 5.41) is 26.8. The highest BCUT2D eigenvalue weighted by Crippen LogP contribution is 2.30. The number of rotatable bonds is 12. The fourth-order valence-corrected chi connectivity index (χ4v) is 10.6. The smallest absolute Gasteiger partial charge is 0.369 e. The number of ether oxygens (including phenoxy) is 1. The number of carboxylic acid groups (broad SMARTS) is 2. The molecule has 0 aliphatic rings. The van der Waals surface area contributed by atoms with Gasteiger partial charge in [0.05, 0.1) is 84.2 Å². The second-order valence-electron chi connectivity index (χ2n) is 20.0. The Balaban J connectivity index is 0.000000147. The zero-order valence-corrected chi connectivity index (χ0v) is 54.2. The summed E-state index contributed by atoms with van der Waals surface area (Å²) in [6, 6.07) is 24.6. The standard InChI is InChI=1S/C25H22ClN7O2.C18H13ClN4O3.C17H11ClN4O3.BBr3/c1-13-5-21(27)32-14(2)18(13)9-29-24(34)19-11-33(23-22(19)25(35)31-12-30-23)10-15-3-4-20-16(6-15)7-17(26)8-28-20;1-26-17-15-13(18(24)25)8-23(16(15)21-9-22-17)7-10-2-3-14-11(4-10)5-12(19)6-20-14;18-11-4-10-3-9(1-2-13(10)19-5-11)6-22-7-12(17(24)25)14-15(22)20-8-21-16(14)23;2-1(3)4/h3-8,11-12H,9-10H2,1-2H3,(H2,27,32)(H,29,34)(H,30,31,35);2-6,8-9H,7H2,1H3,(H,24,25);1-5,7-8H,6H2,(H,24,25)(H,20,21,23);. The van der Waals surface area contributed by atoms with Crippen molar-refractivity contribution in [2.24, 2.45) is 0 Å². The number of aromatic amines is 2. The molecule has 0 aliphatic heterocycles. The monoisotopic (exact) mass is 1460 g/mol. The number of carbonyl (C=O) groups is 3. The lowest BCUT2D eigenvalue weighted by molar-refractivity contribution is 0.0687. The number of aromatic carboxylic acids is 2. The number of carbonyl (C=O) groups excluding carboxylic acids is 1. The van der Waals surface area contributed by atoms with E-state index in [1.165, 1.54) is 32.3 Å². The highest BCUT2D eigenvalue weighted by Gasteiger charge is 2.23. The van der Waals surface area contributed by atoms with Crippen molar-refractivity contribution in [3.63, 3.8) is 0 Å². The minimum atomic E-state index is -1.17. The van der Waals surface area contributed by atoms with Crippen LogP contribution in [0.3, 0.4) is 0 Å². The van der Waals surface area contributed by atoms with Crippen LogP contribution >= 0.6 is 82.1 Å². The third kappa shape index (κ3) is 14.5. The molecule has 10 aromatic heterocycles. The molecule has 0 aliphatic carbocycles. The average Bonchev–Trinajstić information content (AvgIpc) is 1.67. The zero-order valence-electron chi connectivity index (χ0n) is 47.2. The van der Waals surface area contributed by atoms with E-state index in [1.807, 2.05) is 86.6 Å². The van der Waals surface area contributed by atoms with Crippen molar-refractivity contribution in [1.82, 2.24) is 68.9 Å². The first-order chi connectivity index (χ1) is 43.1. The molecular weight excluding hydrogens is 1420 g/mol. The number of nitrogen functional groups attached to an aromatic ring is 1. The molecule has 23 nitrogen and oxygen atoms in total.